The van der Waals surface area contributed by atoms with Gasteiger partial charge in [-0.3, -0.25) is 15.0 Å². The number of esters is 1. The number of nitrogens with two attached hydrogens (primary N) is 1. The molecular weight excluding hydrogens is 432 g/mol. The zero-order valence-electron chi connectivity index (χ0n) is 18.6. The lowest BCUT2D eigenvalue weighted by molar-refractivity contribution is -0.155. The van der Waals surface area contributed by atoms with Crippen molar-refractivity contribution in [3.05, 3.63) is 90.0 Å². The lowest BCUT2D eigenvalue weighted by Gasteiger charge is -2.24. The fourth-order valence-corrected chi connectivity index (χ4v) is 3.72. The zero-order valence-corrected chi connectivity index (χ0v) is 18.6. The van der Waals surface area contributed by atoms with Gasteiger partial charge in [-0.2, -0.15) is 0 Å². The maximum absolute atomic E-state index is 13.3. The second-order valence-corrected chi connectivity index (χ2v) is 7.95. The number of carbonyl (C=O) groups is 2. The van der Waals surface area contributed by atoms with Crippen molar-refractivity contribution in [2.24, 2.45) is 10.9 Å². The average molecular weight is 457 g/mol. The molecule has 1 unspecified atom stereocenters. The first-order valence-electron chi connectivity index (χ1n) is 10.6. The van der Waals surface area contributed by atoms with Crippen LogP contribution in [0.3, 0.4) is 0 Å². The molecule has 0 fully saturated rings. The van der Waals surface area contributed by atoms with Crippen LogP contribution in [0, 0.1) is 5.41 Å². The molecule has 1 aliphatic rings. The van der Waals surface area contributed by atoms with Gasteiger partial charge in [-0.25, -0.2) is 0 Å². The molecule has 8 heteroatoms. The van der Waals surface area contributed by atoms with Crippen molar-refractivity contribution in [1.82, 2.24) is 0 Å². The molecule has 34 heavy (non-hydrogen) atoms. The summed E-state index contributed by atoms with van der Waals surface area (Å²) < 4.78 is 4.80. The van der Waals surface area contributed by atoms with Gasteiger partial charge in [-0.15, -0.1) is 0 Å². The largest absolute Gasteiger partial charge is 0.469 e. The van der Waals surface area contributed by atoms with E-state index in [9.17, 15) is 9.59 Å². The number of anilines is 1. The van der Waals surface area contributed by atoms with Crippen molar-refractivity contribution < 1.29 is 19.2 Å². The molecule has 4 rings (SSSR count). The molecule has 0 saturated heterocycles. The topological polar surface area (TPSA) is 127 Å². The molecule has 0 radical (unpaired) electrons. The van der Waals surface area contributed by atoms with Gasteiger partial charge < -0.3 is 20.6 Å². The molecular formula is C26H24N4O4. The molecule has 1 amide bonds. The van der Waals surface area contributed by atoms with Crippen molar-refractivity contribution in [3.8, 4) is 11.1 Å². The van der Waals surface area contributed by atoms with E-state index in [1.807, 2.05) is 42.5 Å². The van der Waals surface area contributed by atoms with Crippen LogP contribution in [-0.4, -0.2) is 36.1 Å². The van der Waals surface area contributed by atoms with Gasteiger partial charge in [-0.05, 0) is 29.3 Å². The normalized spacial score (nSPS) is 16.8. The Morgan fingerprint density at radius 1 is 1.03 bits per heavy atom. The summed E-state index contributed by atoms with van der Waals surface area (Å²) in [6.45, 7) is 0. The predicted octanol–water partition coefficient (Wildman–Crippen LogP) is 3.70. The number of rotatable bonds is 7. The lowest BCUT2D eigenvalue weighted by Crippen LogP contribution is -2.45. The van der Waals surface area contributed by atoms with E-state index in [2.05, 4.69) is 10.5 Å². The van der Waals surface area contributed by atoms with Crippen LogP contribution in [0.25, 0.3) is 11.1 Å². The number of nitrogens with zero attached hydrogens (tertiary/aromatic N) is 1. The quantitative estimate of drug-likeness (QED) is 0.284. The van der Waals surface area contributed by atoms with Gasteiger partial charge in [0, 0.05) is 23.2 Å². The van der Waals surface area contributed by atoms with Crippen LogP contribution >= 0.6 is 0 Å². The molecule has 0 saturated carbocycles. The van der Waals surface area contributed by atoms with Gasteiger partial charge in [-0.1, -0.05) is 65.8 Å². The summed E-state index contributed by atoms with van der Waals surface area (Å²) in [5.41, 5.74) is 8.30. The van der Waals surface area contributed by atoms with E-state index in [0.717, 1.165) is 11.1 Å². The molecule has 8 nitrogen and oxygen atoms in total. The van der Waals surface area contributed by atoms with E-state index in [4.69, 9.17) is 20.7 Å². The molecule has 3 aromatic carbocycles. The molecule has 1 atom stereocenters. The number of nitrogen functional groups attached to an aromatic ring is 1. The summed E-state index contributed by atoms with van der Waals surface area (Å²) in [6.07, 6.45) is -0.256. The van der Waals surface area contributed by atoms with Gasteiger partial charge in [0.05, 0.1) is 19.2 Å². The van der Waals surface area contributed by atoms with Crippen LogP contribution in [0.1, 0.15) is 24.0 Å². The van der Waals surface area contributed by atoms with Crippen LogP contribution in [0.5, 0.6) is 0 Å². The number of oxime groups is 1. The highest BCUT2D eigenvalue weighted by molar-refractivity contribution is 6.10. The summed E-state index contributed by atoms with van der Waals surface area (Å²) >= 11 is 0. The van der Waals surface area contributed by atoms with Crippen LogP contribution in [0.4, 0.5) is 5.69 Å². The second-order valence-electron chi connectivity index (χ2n) is 7.95. The first kappa shape index (κ1) is 22.7. The lowest BCUT2D eigenvalue weighted by atomic mass is 9.89. The van der Waals surface area contributed by atoms with Gasteiger partial charge >= 0.3 is 5.97 Å². The fourth-order valence-electron chi connectivity index (χ4n) is 3.72. The summed E-state index contributed by atoms with van der Waals surface area (Å²) in [5, 5.41) is 14.6. The van der Waals surface area contributed by atoms with Crippen LogP contribution in [-0.2, 0) is 19.2 Å². The Bertz CT molecular complexity index is 1260. The minimum atomic E-state index is -1.56. The first-order valence-corrected chi connectivity index (χ1v) is 10.6. The Hall–Kier alpha value is -4.46. The molecule has 1 heterocycles. The van der Waals surface area contributed by atoms with Crippen LogP contribution in [0.2, 0.25) is 0 Å². The van der Waals surface area contributed by atoms with E-state index in [1.54, 1.807) is 36.4 Å². The highest BCUT2D eigenvalue weighted by Crippen LogP contribution is 2.32. The van der Waals surface area contributed by atoms with E-state index >= 15 is 0 Å². The molecule has 0 spiro atoms. The van der Waals surface area contributed by atoms with E-state index in [0.29, 0.717) is 22.5 Å². The highest BCUT2D eigenvalue weighted by atomic mass is 16.7. The van der Waals surface area contributed by atoms with Crippen molar-refractivity contribution in [2.45, 2.75) is 18.4 Å². The molecule has 3 aromatic rings. The predicted molar refractivity (Wildman–Crippen MR) is 130 cm³/mol. The SMILES string of the molecule is COC(=O)CC1(C(=O)Nc2ccc(-c3ccccc3)cc2)CC(c2cccc(C(=N)N)c2)=NO1. The number of carbonyl (C=O) groups excluding carboxylic acids is 2. The number of hydrogen-bond acceptors (Lipinski definition) is 6. The smallest absolute Gasteiger partial charge is 0.310 e. The van der Waals surface area contributed by atoms with Crippen molar-refractivity contribution in [1.29, 1.82) is 5.41 Å². The number of amidine groups is 1. The Kier molecular flexibility index (Phi) is 6.40. The van der Waals surface area contributed by atoms with E-state index in [-0.39, 0.29) is 18.7 Å². The molecule has 0 bridgehead atoms. The summed E-state index contributed by atoms with van der Waals surface area (Å²) in [6, 6.07) is 24.2. The van der Waals surface area contributed by atoms with Gasteiger partial charge in [0.25, 0.3) is 5.91 Å². The van der Waals surface area contributed by atoms with Crippen molar-refractivity contribution >= 4 is 29.1 Å². The number of hydrogen-bond donors (Lipinski definition) is 3. The van der Waals surface area contributed by atoms with Gasteiger partial charge in [0.1, 0.15) is 5.84 Å². The third-order valence-electron chi connectivity index (χ3n) is 5.61. The highest BCUT2D eigenvalue weighted by Gasteiger charge is 2.49. The molecule has 4 N–H and O–H groups in total. The zero-order chi connectivity index (χ0) is 24.1. The van der Waals surface area contributed by atoms with Crippen LogP contribution < -0.4 is 11.1 Å². The second kappa shape index (κ2) is 9.58. The minimum absolute atomic E-state index is 0.0530. The third kappa shape index (κ3) is 4.80. The summed E-state index contributed by atoms with van der Waals surface area (Å²) in [7, 11) is 1.25. The standard InChI is InChI=1S/C26H24N4O4/c1-33-23(31)16-26(15-22(30-34-26)19-8-5-9-20(14-19)24(27)28)25(32)29-21-12-10-18(11-13-21)17-6-3-2-4-7-17/h2-14H,15-16H2,1H3,(H3,27,28)(H,29,32). The first-order chi connectivity index (χ1) is 16.4. The summed E-state index contributed by atoms with van der Waals surface area (Å²) in [5.74, 6) is -1.19. The maximum atomic E-state index is 13.3. The molecule has 0 aromatic heterocycles. The minimum Gasteiger partial charge on any atom is -0.469 e. The molecule has 172 valence electrons. The van der Waals surface area contributed by atoms with Gasteiger partial charge in [0.2, 0.25) is 5.60 Å². The van der Waals surface area contributed by atoms with Crippen molar-refractivity contribution in [2.75, 3.05) is 12.4 Å². The van der Waals surface area contributed by atoms with E-state index < -0.39 is 17.5 Å². The fraction of sp³-hybridized carbons (Fsp3) is 0.154. The Morgan fingerprint density at radius 2 is 1.71 bits per heavy atom. The third-order valence-corrected chi connectivity index (χ3v) is 5.61. The number of methoxy groups -OCH3 is 1. The maximum Gasteiger partial charge on any atom is 0.310 e. The average Bonchev–Trinajstić information content (AvgIpc) is 3.30. The monoisotopic (exact) mass is 456 g/mol. The number of ether oxygens (including phenoxy) is 1. The van der Waals surface area contributed by atoms with Crippen molar-refractivity contribution in [3.63, 3.8) is 0 Å². The molecule has 0 aliphatic carbocycles. The number of amides is 1. The Morgan fingerprint density at radius 3 is 2.38 bits per heavy atom. The van der Waals surface area contributed by atoms with E-state index in [1.165, 1.54) is 7.11 Å². The van der Waals surface area contributed by atoms with Gasteiger partial charge in [0.15, 0.2) is 0 Å². The Balaban J connectivity index is 1.54. The summed E-state index contributed by atoms with van der Waals surface area (Å²) in [4.78, 5) is 31.1. The van der Waals surface area contributed by atoms with Crippen LogP contribution in [0.15, 0.2) is 84.0 Å². The number of benzene rings is 3. The number of nitrogens with one attached hydrogen (secondary N) is 2. The molecule has 1 aliphatic heterocycles. The Labute approximate surface area is 196 Å².